The summed E-state index contributed by atoms with van der Waals surface area (Å²) in [6.07, 6.45) is 3.24. The minimum absolute atomic E-state index is 0.0198. The number of rotatable bonds is 3. The zero-order chi connectivity index (χ0) is 19.7. The molecule has 146 valence electrons. The third-order valence-corrected chi connectivity index (χ3v) is 5.49. The summed E-state index contributed by atoms with van der Waals surface area (Å²) in [5, 5.41) is 0. The predicted molar refractivity (Wildman–Crippen MR) is 92.8 cm³/mol. The number of allylic oxidation sites excluding steroid dienone is 1. The predicted octanol–water partition coefficient (Wildman–Crippen LogP) is 1.96. The van der Waals surface area contributed by atoms with Gasteiger partial charge in [-0.3, -0.25) is 9.59 Å². The van der Waals surface area contributed by atoms with Crippen LogP contribution < -0.4 is 11.5 Å². The number of amides is 2. The van der Waals surface area contributed by atoms with E-state index in [0.717, 1.165) is 6.07 Å². The van der Waals surface area contributed by atoms with E-state index in [1.807, 2.05) is 0 Å². The number of piperidine rings is 1. The molecule has 0 radical (unpaired) electrons. The van der Waals surface area contributed by atoms with Crippen molar-refractivity contribution in [3.8, 4) is 0 Å². The van der Waals surface area contributed by atoms with Gasteiger partial charge in [-0.15, -0.1) is 0 Å². The monoisotopic (exact) mass is 381 g/mol. The Labute approximate surface area is 155 Å². The van der Waals surface area contributed by atoms with Gasteiger partial charge in [0.2, 0.25) is 11.8 Å². The molecule has 1 aromatic rings. The maximum atomic E-state index is 14.0. The third-order valence-electron chi connectivity index (χ3n) is 5.49. The second-order valence-electron chi connectivity index (χ2n) is 7.20. The van der Waals surface area contributed by atoms with Crippen LogP contribution in [0.4, 0.5) is 13.2 Å². The van der Waals surface area contributed by atoms with Crippen molar-refractivity contribution in [1.29, 1.82) is 0 Å². The Kier molecular flexibility index (Phi) is 5.55. The van der Waals surface area contributed by atoms with E-state index in [1.165, 1.54) is 0 Å². The van der Waals surface area contributed by atoms with Crippen LogP contribution >= 0.6 is 0 Å². The number of hydrogen-bond acceptors (Lipinski definition) is 3. The fourth-order valence-corrected chi connectivity index (χ4v) is 3.85. The fourth-order valence-electron chi connectivity index (χ4n) is 3.85. The number of nitrogens with two attached hydrogens (primary N) is 2. The van der Waals surface area contributed by atoms with Crippen LogP contribution in [0, 0.1) is 23.4 Å². The Morgan fingerprint density at radius 2 is 1.67 bits per heavy atom. The lowest BCUT2D eigenvalue weighted by Crippen LogP contribution is -2.44. The number of primary amides is 1. The van der Waals surface area contributed by atoms with Gasteiger partial charge in [-0.05, 0) is 37.3 Å². The molecule has 27 heavy (non-hydrogen) atoms. The highest BCUT2D eigenvalue weighted by Gasteiger charge is 2.33. The van der Waals surface area contributed by atoms with Gasteiger partial charge in [-0.1, -0.05) is 6.08 Å². The molecule has 1 heterocycles. The van der Waals surface area contributed by atoms with Gasteiger partial charge in [0.15, 0.2) is 11.6 Å². The fraction of sp³-hybridized carbons (Fsp3) is 0.474. The van der Waals surface area contributed by atoms with E-state index < -0.39 is 29.4 Å². The molecule has 0 bridgehead atoms. The summed E-state index contributed by atoms with van der Waals surface area (Å²) in [4.78, 5) is 25.6. The molecule has 0 saturated carbocycles. The smallest absolute Gasteiger partial charge is 0.249 e. The van der Waals surface area contributed by atoms with Crippen LogP contribution in [0.15, 0.2) is 23.8 Å². The number of nitrogens with zero attached hydrogens (tertiary/aromatic N) is 1. The molecule has 8 heteroatoms. The second kappa shape index (κ2) is 7.72. The quantitative estimate of drug-likeness (QED) is 0.785. The van der Waals surface area contributed by atoms with Crippen LogP contribution in [-0.2, 0) is 9.59 Å². The van der Waals surface area contributed by atoms with Crippen LogP contribution in [0.3, 0.4) is 0 Å². The summed E-state index contributed by atoms with van der Waals surface area (Å²) in [6, 6.07) is 0.770. The Morgan fingerprint density at radius 3 is 2.26 bits per heavy atom. The lowest BCUT2D eigenvalue weighted by atomic mass is 9.80. The van der Waals surface area contributed by atoms with Crippen LogP contribution in [-0.4, -0.2) is 35.8 Å². The highest BCUT2D eigenvalue weighted by atomic mass is 19.2. The van der Waals surface area contributed by atoms with Crippen molar-refractivity contribution in [2.24, 2.45) is 17.4 Å². The Hall–Kier alpha value is -2.35. The van der Waals surface area contributed by atoms with E-state index in [-0.39, 0.29) is 36.1 Å². The topological polar surface area (TPSA) is 89.4 Å². The summed E-state index contributed by atoms with van der Waals surface area (Å²) in [5.41, 5.74) is 12.0. The first-order valence-electron chi connectivity index (χ1n) is 8.95. The number of carbonyl (C=O) groups is 2. The SMILES string of the molecule is NC(=O)C1CCN(C(=O)C2=CCC(c3cc(F)c(F)cc3F)C(N)C2)CC1. The van der Waals surface area contributed by atoms with Gasteiger partial charge in [0.1, 0.15) is 5.82 Å². The van der Waals surface area contributed by atoms with Crippen molar-refractivity contribution in [3.63, 3.8) is 0 Å². The summed E-state index contributed by atoms with van der Waals surface area (Å²) in [6.45, 7) is 0.889. The second-order valence-corrected chi connectivity index (χ2v) is 7.20. The van der Waals surface area contributed by atoms with Crippen LogP contribution in [0.1, 0.15) is 37.2 Å². The van der Waals surface area contributed by atoms with Crippen LogP contribution in [0.2, 0.25) is 0 Å². The van der Waals surface area contributed by atoms with Gasteiger partial charge < -0.3 is 16.4 Å². The lowest BCUT2D eigenvalue weighted by molar-refractivity contribution is -0.131. The maximum absolute atomic E-state index is 14.0. The Morgan fingerprint density at radius 1 is 1.04 bits per heavy atom. The maximum Gasteiger partial charge on any atom is 0.249 e. The first kappa shape index (κ1) is 19.4. The first-order valence-corrected chi connectivity index (χ1v) is 8.95. The van der Waals surface area contributed by atoms with E-state index in [1.54, 1.807) is 11.0 Å². The van der Waals surface area contributed by atoms with E-state index in [0.29, 0.717) is 37.6 Å². The molecular formula is C19H22F3N3O2. The van der Waals surface area contributed by atoms with Crippen molar-refractivity contribution < 1.29 is 22.8 Å². The van der Waals surface area contributed by atoms with Gasteiger partial charge in [0, 0.05) is 42.6 Å². The molecule has 2 aliphatic rings. The van der Waals surface area contributed by atoms with Crippen LogP contribution in [0.5, 0.6) is 0 Å². The normalized spacial score (nSPS) is 23.9. The number of carbonyl (C=O) groups excluding carboxylic acids is 2. The molecule has 1 aliphatic carbocycles. The molecule has 1 fully saturated rings. The Bertz CT molecular complexity index is 789. The van der Waals surface area contributed by atoms with Crippen molar-refractivity contribution in [2.75, 3.05) is 13.1 Å². The largest absolute Gasteiger partial charge is 0.369 e. The molecule has 4 N–H and O–H groups in total. The van der Waals surface area contributed by atoms with E-state index in [9.17, 15) is 22.8 Å². The molecule has 0 spiro atoms. The molecule has 2 atom stereocenters. The summed E-state index contributed by atoms with van der Waals surface area (Å²) >= 11 is 0. The highest BCUT2D eigenvalue weighted by Crippen LogP contribution is 2.34. The van der Waals surface area contributed by atoms with Gasteiger partial charge in [0.05, 0.1) is 0 Å². The van der Waals surface area contributed by atoms with Crippen molar-refractivity contribution in [1.82, 2.24) is 4.90 Å². The average molecular weight is 381 g/mol. The number of likely N-dealkylation sites (tertiary alicyclic amines) is 1. The Balaban J connectivity index is 1.70. The number of hydrogen-bond donors (Lipinski definition) is 2. The van der Waals surface area contributed by atoms with Crippen molar-refractivity contribution >= 4 is 11.8 Å². The number of halogens is 3. The van der Waals surface area contributed by atoms with Gasteiger partial charge >= 0.3 is 0 Å². The van der Waals surface area contributed by atoms with E-state index in [4.69, 9.17) is 11.5 Å². The van der Waals surface area contributed by atoms with E-state index in [2.05, 4.69) is 0 Å². The van der Waals surface area contributed by atoms with E-state index >= 15 is 0 Å². The zero-order valence-corrected chi connectivity index (χ0v) is 14.8. The summed E-state index contributed by atoms with van der Waals surface area (Å²) in [7, 11) is 0. The molecule has 1 saturated heterocycles. The van der Waals surface area contributed by atoms with Gasteiger partial charge in [0.25, 0.3) is 0 Å². The number of benzene rings is 1. The highest BCUT2D eigenvalue weighted by molar-refractivity contribution is 5.94. The van der Waals surface area contributed by atoms with Crippen molar-refractivity contribution in [2.45, 2.75) is 37.6 Å². The van der Waals surface area contributed by atoms with Crippen LogP contribution in [0.25, 0.3) is 0 Å². The molecule has 1 aromatic carbocycles. The molecule has 5 nitrogen and oxygen atoms in total. The van der Waals surface area contributed by atoms with Gasteiger partial charge in [-0.2, -0.15) is 0 Å². The first-order chi connectivity index (χ1) is 12.8. The third kappa shape index (κ3) is 4.00. The lowest BCUT2D eigenvalue weighted by Gasteiger charge is -2.34. The molecule has 0 aromatic heterocycles. The zero-order valence-electron chi connectivity index (χ0n) is 14.8. The van der Waals surface area contributed by atoms with Gasteiger partial charge in [-0.25, -0.2) is 13.2 Å². The summed E-state index contributed by atoms with van der Waals surface area (Å²) < 4.78 is 40.7. The molecule has 1 aliphatic heterocycles. The minimum atomic E-state index is -1.24. The van der Waals surface area contributed by atoms with Crippen molar-refractivity contribution in [3.05, 3.63) is 46.8 Å². The average Bonchev–Trinajstić information content (AvgIpc) is 2.64. The standard InChI is InChI=1S/C19H22F3N3O2/c20-14-9-16(22)15(21)8-13(14)12-2-1-11(7-17(12)23)19(27)25-5-3-10(4-6-25)18(24)26/h1,8-10,12,17H,2-7,23H2,(H2,24,26). The molecule has 2 amide bonds. The molecular weight excluding hydrogens is 359 g/mol. The molecule has 3 rings (SSSR count). The molecule has 2 unspecified atom stereocenters. The minimum Gasteiger partial charge on any atom is -0.369 e. The summed E-state index contributed by atoms with van der Waals surface area (Å²) in [5.74, 6) is -4.45.